The average molecular weight is 295 g/mol. The van der Waals surface area contributed by atoms with Gasteiger partial charge in [-0.3, -0.25) is 9.59 Å². The molecule has 110 valence electrons. The number of rotatable bonds is 5. The first-order chi connectivity index (χ1) is 9.56. The number of nitrogens with zero attached hydrogens (tertiary/aromatic N) is 1. The topological polar surface area (TPSA) is 57.6 Å². The summed E-state index contributed by atoms with van der Waals surface area (Å²) in [4.78, 5) is 26.3. The van der Waals surface area contributed by atoms with Gasteiger partial charge in [0.15, 0.2) is 0 Å². The molecule has 1 aliphatic heterocycles. The number of carbonyl (C=O) groups excluding carboxylic acids is 1. The lowest BCUT2D eigenvalue weighted by atomic mass is 9.96. The second-order valence-corrected chi connectivity index (χ2v) is 6.58. The van der Waals surface area contributed by atoms with Gasteiger partial charge >= 0.3 is 5.97 Å². The number of carbonyl (C=O) groups is 2. The summed E-state index contributed by atoms with van der Waals surface area (Å²) in [6.07, 6.45) is 2.55. The summed E-state index contributed by atoms with van der Waals surface area (Å²) in [6.45, 7) is 3.78. The minimum Gasteiger partial charge on any atom is -0.481 e. The highest BCUT2D eigenvalue weighted by molar-refractivity contribution is 7.10. The Bertz CT molecular complexity index is 458. The van der Waals surface area contributed by atoms with Gasteiger partial charge in [0.05, 0.1) is 6.42 Å². The highest BCUT2D eigenvalue weighted by atomic mass is 32.1. The van der Waals surface area contributed by atoms with Gasteiger partial charge < -0.3 is 10.0 Å². The summed E-state index contributed by atoms with van der Waals surface area (Å²) in [7, 11) is 0. The molecule has 0 saturated carbocycles. The Morgan fingerprint density at radius 1 is 1.50 bits per heavy atom. The molecule has 2 unspecified atom stereocenters. The van der Waals surface area contributed by atoms with Crippen LogP contribution in [0.25, 0.3) is 0 Å². The SMILES string of the molecule is CC1CCCN(C(=O)CC(CC(=O)O)c2cccs2)C1. The molecule has 0 aliphatic carbocycles. The third-order valence-corrected chi connectivity index (χ3v) is 4.83. The van der Waals surface area contributed by atoms with Crippen LogP contribution in [0.5, 0.6) is 0 Å². The van der Waals surface area contributed by atoms with Crippen LogP contribution < -0.4 is 0 Å². The van der Waals surface area contributed by atoms with Crippen molar-refractivity contribution < 1.29 is 14.7 Å². The molecule has 1 amide bonds. The average Bonchev–Trinajstić information content (AvgIpc) is 2.91. The predicted octanol–water partition coefficient (Wildman–Crippen LogP) is 2.96. The van der Waals surface area contributed by atoms with E-state index in [1.54, 1.807) is 0 Å². The number of aliphatic carboxylic acids is 1. The molecule has 0 aromatic carbocycles. The maximum Gasteiger partial charge on any atom is 0.304 e. The van der Waals surface area contributed by atoms with Crippen LogP contribution in [-0.2, 0) is 9.59 Å². The molecule has 1 aliphatic rings. The summed E-state index contributed by atoms with van der Waals surface area (Å²) in [5.74, 6) is -0.399. The van der Waals surface area contributed by atoms with Crippen LogP contribution in [0.15, 0.2) is 17.5 Å². The Morgan fingerprint density at radius 2 is 2.30 bits per heavy atom. The fourth-order valence-corrected chi connectivity index (χ4v) is 3.59. The van der Waals surface area contributed by atoms with Crippen molar-refractivity contribution in [3.63, 3.8) is 0 Å². The maximum atomic E-state index is 12.4. The fraction of sp³-hybridized carbons (Fsp3) is 0.600. The lowest BCUT2D eigenvalue weighted by molar-refractivity contribution is -0.138. The van der Waals surface area contributed by atoms with Crippen molar-refractivity contribution in [2.75, 3.05) is 13.1 Å². The van der Waals surface area contributed by atoms with Gasteiger partial charge in [-0.15, -0.1) is 11.3 Å². The van der Waals surface area contributed by atoms with Crippen molar-refractivity contribution in [3.05, 3.63) is 22.4 Å². The summed E-state index contributed by atoms with van der Waals surface area (Å²) in [5.41, 5.74) is 0. The Kier molecular flexibility index (Phi) is 5.17. The van der Waals surface area contributed by atoms with Crippen molar-refractivity contribution in [1.82, 2.24) is 4.90 Å². The number of carboxylic acid groups (broad SMARTS) is 1. The van der Waals surface area contributed by atoms with Crippen molar-refractivity contribution >= 4 is 23.2 Å². The monoisotopic (exact) mass is 295 g/mol. The number of likely N-dealkylation sites (tertiary alicyclic amines) is 1. The van der Waals surface area contributed by atoms with Crippen molar-refractivity contribution in [2.24, 2.45) is 5.92 Å². The van der Waals surface area contributed by atoms with E-state index in [0.29, 0.717) is 12.3 Å². The third kappa shape index (κ3) is 4.07. The number of amides is 1. The molecular weight excluding hydrogens is 274 g/mol. The van der Waals surface area contributed by atoms with E-state index < -0.39 is 5.97 Å². The predicted molar refractivity (Wildman–Crippen MR) is 78.9 cm³/mol. The molecule has 1 fully saturated rings. The maximum absolute atomic E-state index is 12.4. The van der Waals surface area contributed by atoms with Gasteiger partial charge in [0.25, 0.3) is 0 Å². The van der Waals surface area contributed by atoms with E-state index in [1.165, 1.54) is 17.8 Å². The van der Waals surface area contributed by atoms with E-state index in [9.17, 15) is 9.59 Å². The number of hydrogen-bond acceptors (Lipinski definition) is 3. The second kappa shape index (κ2) is 6.88. The van der Waals surface area contributed by atoms with Gasteiger partial charge in [-0.05, 0) is 30.2 Å². The minimum atomic E-state index is -0.844. The quantitative estimate of drug-likeness (QED) is 0.908. The Hall–Kier alpha value is -1.36. The minimum absolute atomic E-state index is 0.0235. The number of carboxylic acids is 1. The number of thiophene rings is 1. The third-order valence-electron chi connectivity index (χ3n) is 3.80. The smallest absolute Gasteiger partial charge is 0.304 e. The van der Waals surface area contributed by atoms with Crippen molar-refractivity contribution in [3.8, 4) is 0 Å². The molecule has 0 spiro atoms. The molecule has 2 atom stereocenters. The van der Waals surface area contributed by atoms with Gasteiger partial charge in [-0.25, -0.2) is 0 Å². The van der Waals surface area contributed by atoms with Gasteiger partial charge in [0, 0.05) is 30.3 Å². The standard InChI is InChI=1S/C15H21NO3S/c1-11-4-2-6-16(10-11)14(17)8-12(9-15(18)19)13-5-3-7-20-13/h3,5,7,11-12H,2,4,6,8-10H2,1H3,(H,18,19). The number of hydrogen-bond donors (Lipinski definition) is 1. The molecule has 2 heterocycles. The molecule has 1 aromatic rings. The fourth-order valence-electron chi connectivity index (χ4n) is 2.76. The summed E-state index contributed by atoms with van der Waals surface area (Å²) in [6, 6.07) is 3.83. The molecule has 20 heavy (non-hydrogen) atoms. The largest absolute Gasteiger partial charge is 0.481 e. The molecule has 4 nitrogen and oxygen atoms in total. The summed E-state index contributed by atoms with van der Waals surface area (Å²) < 4.78 is 0. The highest BCUT2D eigenvalue weighted by Crippen LogP contribution is 2.29. The van der Waals surface area contributed by atoms with Crippen LogP contribution in [0.3, 0.4) is 0 Å². The van der Waals surface area contributed by atoms with E-state index in [4.69, 9.17) is 5.11 Å². The van der Waals surface area contributed by atoms with Crippen molar-refractivity contribution in [2.45, 2.75) is 38.5 Å². The van der Waals surface area contributed by atoms with Crippen LogP contribution in [0.1, 0.15) is 43.4 Å². The molecule has 1 N–H and O–H groups in total. The Labute approximate surface area is 123 Å². The Balaban J connectivity index is 2.00. The zero-order valence-corrected chi connectivity index (χ0v) is 12.6. The molecule has 1 aromatic heterocycles. The van der Waals surface area contributed by atoms with Crippen molar-refractivity contribution in [1.29, 1.82) is 0 Å². The van der Waals surface area contributed by atoms with E-state index in [0.717, 1.165) is 24.4 Å². The molecule has 2 rings (SSSR count). The van der Waals surface area contributed by atoms with Gasteiger partial charge in [0.1, 0.15) is 0 Å². The van der Waals surface area contributed by atoms with Gasteiger partial charge in [-0.2, -0.15) is 0 Å². The van der Waals surface area contributed by atoms with Crippen LogP contribution in [-0.4, -0.2) is 35.0 Å². The highest BCUT2D eigenvalue weighted by Gasteiger charge is 2.26. The van der Waals surface area contributed by atoms with E-state index in [1.807, 2.05) is 22.4 Å². The number of piperidine rings is 1. The Morgan fingerprint density at radius 3 is 2.90 bits per heavy atom. The van der Waals surface area contributed by atoms with Crippen LogP contribution >= 0.6 is 11.3 Å². The van der Waals surface area contributed by atoms with Gasteiger partial charge in [-0.1, -0.05) is 13.0 Å². The molecule has 0 radical (unpaired) electrons. The lowest BCUT2D eigenvalue weighted by Gasteiger charge is -2.31. The van der Waals surface area contributed by atoms with Crippen LogP contribution in [0.4, 0.5) is 0 Å². The second-order valence-electron chi connectivity index (χ2n) is 5.60. The summed E-state index contributed by atoms with van der Waals surface area (Å²) in [5, 5.41) is 11.0. The summed E-state index contributed by atoms with van der Waals surface area (Å²) >= 11 is 1.53. The normalized spacial score (nSPS) is 20.6. The lowest BCUT2D eigenvalue weighted by Crippen LogP contribution is -2.39. The molecule has 0 bridgehead atoms. The molecular formula is C15H21NO3S. The van der Waals surface area contributed by atoms with Crippen LogP contribution in [0, 0.1) is 5.92 Å². The van der Waals surface area contributed by atoms with E-state index >= 15 is 0 Å². The molecule has 1 saturated heterocycles. The van der Waals surface area contributed by atoms with E-state index in [-0.39, 0.29) is 18.2 Å². The zero-order chi connectivity index (χ0) is 14.5. The first-order valence-electron chi connectivity index (χ1n) is 7.09. The zero-order valence-electron chi connectivity index (χ0n) is 11.7. The first-order valence-corrected chi connectivity index (χ1v) is 7.97. The van der Waals surface area contributed by atoms with Gasteiger partial charge in [0.2, 0.25) is 5.91 Å². The van der Waals surface area contributed by atoms with Crippen LogP contribution in [0.2, 0.25) is 0 Å². The first kappa shape index (κ1) is 15.0. The molecule has 5 heteroatoms. The van der Waals surface area contributed by atoms with E-state index in [2.05, 4.69) is 6.92 Å².